The zero-order valence-corrected chi connectivity index (χ0v) is 11.7. The molecule has 0 saturated carbocycles. The minimum Gasteiger partial charge on any atom is -0.377 e. The lowest BCUT2D eigenvalue weighted by molar-refractivity contribution is -0.124. The SMILES string of the molecule is CC(NCC1CCCO1)(C(N)=O)c1ccccc1Cl. The molecule has 1 aromatic carbocycles. The molecule has 2 rings (SSSR count). The Balaban J connectivity index is 2.17. The van der Waals surface area contributed by atoms with Crippen molar-refractivity contribution < 1.29 is 9.53 Å². The number of ether oxygens (including phenoxy) is 1. The lowest BCUT2D eigenvalue weighted by atomic mass is 9.91. The average molecular weight is 283 g/mol. The first-order valence-corrected chi connectivity index (χ1v) is 6.83. The van der Waals surface area contributed by atoms with E-state index >= 15 is 0 Å². The van der Waals surface area contributed by atoms with E-state index in [4.69, 9.17) is 22.1 Å². The summed E-state index contributed by atoms with van der Waals surface area (Å²) < 4.78 is 5.55. The molecule has 0 radical (unpaired) electrons. The van der Waals surface area contributed by atoms with Crippen LogP contribution in [0.2, 0.25) is 5.02 Å². The van der Waals surface area contributed by atoms with Crippen LogP contribution in [-0.2, 0) is 15.1 Å². The number of halogens is 1. The van der Waals surface area contributed by atoms with Crippen LogP contribution in [0.5, 0.6) is 0 Å². The number of primary amides is 1. The van der Waals surface area contributed by atoms with E-state index in [0.717, 1.165) is 19.4 Å². The van der Waals surface area contributed by atoms with Crippen molar-refractivity contribution in [2.75, 3.05) is 13.2 Å². The van der Waals surface area contributed by atoms with E-state index in [-0.39, 0.29) is 6.10 Å². The molecule has 1 fully saturated rings. The first-order valence-electron chi connectivity index (χ1n) is 6.45. The lowest BCUT2D eigenvalue weighted by Crippen LogP contribution is -2.52. The van der Waals surface area contributed by atoms with Gasteiger partial charge in [0.2, 0.25) is 5.91 Å². The van der Waals surface area contributed by atoms with Crippen LogP contribution >= 0.6 is 11.6 Å². The number of hydrogen-bond donors (Lipinski definition) is 2. The van der Waals surface area contributed by atoms with E-state index in [2.05, 4.69) is 5.32 Å². The van der Waals surface area contributed by atoms with Crippen molar-refractivity contribution in [3.05, 3.63) is 34.9 Å². The summed E-state index contributed by atoms with van der Waals surface area (Å²) in [5.41, 5.74) is 5.27. The maximum atomic E-state index is 11.8. The monoisotopic (exact) mass is 282 g/mol. The molecule has 1 aliphatic rings. The third-order valence-electron chi connectivity index (χ3n) is 3.61. The quantitative estimate of drug-likeness (QED) is 0.866. The zero-order valence-electron chi connectivity index (χ0n) is 11.0. The van der Waals surface area contributed by atoms with Crippen LogP contribution in [0.4, 0.5) is 0 Å². The van der Waals surface area contributed by atoms with Crippen LogP contribution in [0.15, 0.2) is 24.3 Å². The van der Waals surface area contributed by atoms with Crippen LogP contribution < -0.4 is 11.1 Å². The van der Waals surface area contributed by atoms with Crippen LogP contribution in [-0.4, -0.2) is 25.2 Å². The fourth-order valence-corrected chi connectivity index (χ4v) is 2.63. The summed E-state index contributed by atoms with van der Waals surface area (Å²) in [6.07, 6.45) is 2.21. The Labute approximate surface area is 118 Å². The average Bonchev–Trinajstić information content (AvgIpc) is 2.89. The number of nitrogens with two attached hydrogens (primary N) is 1. The van der Waals surface area contributed by atoms with E-state index in [1.165, 1.54) is 0 Å². The molecule has 3 N–H and O–H groups in total. The molecule has 104 valence electrons. The summed E-state index contributed by atoms with van der Waals surface area (Å²) in [5, 5.41) is 3.74. The van der Waals surface area contributed by atoms with Gasteiger partial charge in [-0.05, 0) is 31.4 Å². The fraction of sp³-hybridized carbons (Fsp3) is 0.500. The molecule has 1 aliphatic heterocycles. The van der Waals surface area contributed by atoms with Gasteiger partial charge in [-0.1, -0.05) is 29.8 Å². The molecule has 1 saturated heterocycles. The Morgan fingerprint density at radius 2 is 2.32 bits per heavy atom. The van der Waals surface area contributed by atoms with Crippen molar-refractivity contribution in [1.29, 1.82) is 0 Å². The van der Waals surface area contributed by atoms with Gasteiger partial charge in [-0.25, -0.2) is 0 Å². The first kappa shape index (κ1) is 14.3. The van der Waals surface area contributed by atoms with Crippen LogP contribution in [0.25, 0.3) is 0 Å². The molecule has 0 spiro atoms. The number of nitrogens with one attached hydrogen (secondary N) is 1. The Morgan fingerprint density at radius 3 is 2.89 bits per heavy atom. The van der Waals surface area contributed by atoms with Crippen LogP contribution in [0, 0.1) is 0 Å². The molecular formula is C14H19ClN2O2. The number of amides is 1. The Morgan fingerprint density at radius 1 is 1.58 bits per heavy atom. The Bertz CT molecular complexity index is 461. The molecule has 19 heavy (non-hydrogen) atoms. The third kappa shape index (κ3) is 3.08. The summed E-state index contributed by atoms with van der Waals surface area (Å²) in [6.45, 7) is 3.13. The Hall–Kier alpha value is -1.10. The smallest absolute Gasteiger partial charge is 0.242 e. The minimum atomic E-state index is -0.982. The van der Waals surface area contributed by atoms with Gasteiger partial charge in [-0.15, -0.1) is 0 Å². The predicted molar refractivity (Wildman–Crippen MR) is 75.0 cm³/mol. The highest BCUT2D eigenvalue weighted by molar-refractivity contribution is 6.31. The van der Waals surface area contributed by atoms with Gasteiger partial charge in [0.25, 0.3) is 0 Å². The summed E-state index contributed by atoms with van der Waals surface area (Å²) in [4.78, 5) is 11.8. The number of rotatable bonds is 5. The zero-order chi connectivity index (χ0) is 13.9. The van der Waals surface area contributed by atoms with Gasteiger partial charge in [0, 0.05) is 18.2 Å². The maximum absolute atomic E-state index is 11.8. The molecule has 0 aliphatic carbocycles. The molecule has 5 heteroatoms. The number of hydrogen-bond acceptors (Lipinski definition) is 3. The molecule has 1 heterocycles. The van der Waals surface area contributed by atoms with Crippen molar-refractivity contribution in [2.45, 2.75) is 31.4 Å². The third-order valence-corrected chi connectivity index (χ3v) is 3.94. The summed E-state index contributed by atoms with van der Waals surface area (Å²) in [5.74, 6) is -0.446. The van der Waals surface area contributed by atoms with E-state index in [1.807, 2.05) is 18.2 Å². The van der Waals surface area contributed by atoms with Gasteiger partial charge < -0.3 is 10.5 Å². The number of carbonyl (C=O) groups is 1. The van der Waals surface area contributed by atoms with Crippen molar-refractivity contribution in [3.63, 3.8) is 0 Å². The lowest BCUT2D eigenvalue weighted by Gasteiger charge is -2.30. The number of benzene rings is 1. The summed E-state index contributed by atoms with van der Waals surface area (Å²) in [6, 6.07) is 7.24. The molecule has 2 unspecified atom stereocenters. The van der Waals surface area contributed by atoms with E-state index in [1.54, 1.807) is 13.0 Å². The highest BCUT2D eigenvalue weighted by Crippen LogP contribution is 2.28. The van der Waals surface area contributed by atoms with Crippen LogP contribution in [0.1, 0.15) is 25.3 Å². The van der Waals surface area contributed by atoms with Gasteiger partial charge >= 0.3 is 0 Å². The van der Waals surface area contributed by atoms with E-state index in [0.29, 0.717) is 17.1 Å². The van der Waals surface area contributed by atoms with E-state index in [9.17, 15) is 4.79 Å². The van der Waals surface area contributed by atoms with Crippen LogP contribution in [0.3, 0.4) is 0 Å². The highest BCUT2D eigenvalue weighted by Gasteiger charge is 2.35. The molecule has 0 bridgehead atoms. The fourth-order valence-electron chi connectivity index (χ4n) is 2.31. The van der Waals surface area contributed by atoms with Gasteiger partial charge in [0.05, 0.1) is 6.10 Å². The molecule has 1 aromatic rings. The standard InChI is InChI=1S/C14H19ClN2O2/c1-14(13(16)18,11-6-2-3-7-12(11)15)17-9-10-5-4-8-19-10/h2-3,6-7,10,17H,4-5,8-9H2,1H3,(H2,16,18). The molecule has 0 aromatic heterocycles. The largest absolute Gasteiger partial charge is 0.377 e. The highest BCUT2D eigenvalue weighted by atomic mass is 35.5. The van der Waals surface area contributed by atoms with E-state index < -0.39 is 11.4 Å². The first-order chi connectivity index (χ1) is 9.04. The summed E-state index contributed by atoms with van der Waals surface area (Å²) in [7, 11) is 0. The van der Waals surface area contributed by atoms with Gasteiger partial charge in [0.1, 0.15) is 5.54 Å². The Kier molecular flexibility index (Phi) is 4.45. The maximum Gasteiger partial charge on any atom is 0.242 e. The molecule has 4 nitrogen and oxygen atoms in total. The second kappa shape index (κ2) is 5.90. The van der Waals surface area contributed by atoms with Crippen molar-refractivity contribution in [1.82, 2.24) is 5.32 Å². The van der Waals surface area contributed by atoms with Crippen molar-refractivity contribution in [3.8, 4) is 0 Å². The topological polar surface area (TPSA) is 64.3 Å². The minimum absolute atomic E-state index is 0.140. The van der Waals surface area contributed by atoms with Gasteiger partial charge in [-0.3, -0.25) is 10.1 Å². The molecule has 1 amide bonds. The molecular weight excluding hydrogens is 264 g/mol. The second-order valence-corrected chi connectivity index (χ2v) is 5.39. The van der Waals surface area contributed by atoms with Gasteiger partial charge in [-0.2, -0.15) is 0 Å². The predicted octanol–water partition coefficient (Wildman–Crippen LogP) is 1.81. The van der Waals surface area contributed by atoms with Crippen molar-refractivity contribution >= 4 is 17.5 Å². The second-order valence-electron chi connectivity index (χ2n) is 4.99. The summed E-state index contributed by atoms with van der Waals surface area (Å²) >= 11 is 6.17. The number of carbonyl (C=O) groups excluding carboxylic acids is 1. The van der Waals surface area contributed by atoms with Crippen molar-refractivity contribution in [2.24, 2.45) is 5.73 Å². The normalized spacial score (nSPS) is 22.1. The molecule has 2 atom stereocenters. The van der Waals surface area contributed by atoms with Gasteiger partial charge in [0.15, 0.2) is 0 Å².